The van der Waals surface area contributed by atoms with E-state index in [0.717, 1.165) is 162 Å². The second-order valence-electron chi connectivity index (χ2n) is 31.4. The third kappa shape index (κ3) is 34.4. The first-order valence-electron chi connectivity index (χ1n) is 44.6. The number of benzene rings is 16. The molecule has 0 aliphatic heterocycles. The summed E-state index contributed by atoms with van der Waals surface area (Å²) in [6, 6.07) is 156. The molecule has 32 heteroatoms. The quantitative estimate of drug-likeness (QED) is 0.0261. The molecule has 0 saturated heterocycles. The van der Waals surface area contributed by atoms with Gasteiger partial charge in [-0.05, 0) is 194 Å². The second kappa shape index (κ2) is 62.5. The molecule has 0 bridgehead atoms. The van der Waals surface area contributed by atoms with Gasteiger partial charge in [-0.2, -0.15) is 18.3 Å². The van der Waals surface area contributed by atoms with Gasteiger partial charge in [-0.3, -0.25) is 50.6 Å². The normalized spacial score (nSPS) is 11.0. The van der Waals surface area contributed by atoms with Gasteiger partial charge >= 0.3 is 66.3 Å². The van der Waals surface area contributed by atoms with Crippen molar-refractivity contribution in [2.45, 2.75) is 53.4 Å². The Hall–Kier alpha value is -15.3. The molecule has 0 unspecified atom stereocenters. The molecule has 148 heavy (non-hydrogen) atoms. The molecular formula is C116H111B2F20N8Sb2. The number of anilines is 12. The Morgan fingerprint density at radius 1 is 0.189 bits per heavy atom. The molecule has 0 heterocycles. The molecule has 0 atom stereocenters. The zero-order valence-corrected chi connectivity index (χ0v) is 87.3. The van der Waals surface area contributed by atoms with Gasteiger partial charge in [0.2, 0.25) is 68.3 Å². The van der Waals surface area contributed by atoms with E-state index in [4.69, 9.17) is 0 Å². The van der Waals surface area contributed by atoms with Crippen LogP contribution in [-0.2, 0) is 25.7 Å². The van der Waals surface area contributed by atoms with Gasteiger partial charge in [0.15, 0.2) is 0 Å². The third-order valence-corrected chi connectivity index (χ3v) is 22.7. The summed E-state index contributed by atoms with van der Waals surface area (Å²) in [6.45, 7) is 8.80. The number of nitrogens with zero attached hydrogens (tertiary/aromatic N) is 8. The zero-order chi connectivity index (χ0) is 93.2. The first kappa shape index (κ1) is 131. The van der Waals surface area contributed by atoms with Crippen LogP contribution in [-0.4, -0.2) is 83.5 Å². The summed E-state index contributed by atoms with van der Waals surface area (Å²) in [5.74, 6) is 0. The maximum atomic E-state index is 9.91. The predicted molar refractivity (Wildman–Crippen MR) is 586 cm³/mol. The SMILES string of the molecule is C1=CC(=[N+](c2ccc(N(c3ccccc3)c3ccccc3)cc2)c2ccc(N(c3ccccc3)c3ccccc3)cc2)C=CC1=[N+](c1ccc(N(c2ccccc2)c2ccccc2)cc1)c1ccc(N(c2ccccc2)c2ccccc2)cc1.CCc1ccc([N+](=C2C=CC(=[N+](c3ccc(CC)cc3)c3ccc(CC)cc3)C=C2)c2ccc(CC)cc2)cc1.F.F.F.F.F.F.F.F.FB(F)F.[B].[F-].[F-].[F-].[F-].[F][Sb]([F])([F])([F])[F].[SbH3]. The zero-order valence-electron chi connectivity index (χ0n) is 80.7. The van der Waals surface area contributed by atoms with Crippen LogP contribution in [0, 0.1) is 0 Å². The van der Waals surface area contributed by atoms with E-state index in [1.807, 2.05) is 0 Å². The molecule has 16 aromatic carbocycles. The summed E-state index contributed by atoms with van der Waals surface area (Å²) >= 11 is -9.19. The molecule has 0 saturated carbocycles. The molecule has 0 N–H and O–H groups in total. The Morgan fingerprint density at radius 2 is 0.284 bits per heavy atom. The van der Waals surface area contributed by atoms with Gasteiger partial charge in [0.1, 0.15) is 0 Å². The van der Waals surface area contributed by atoms with Crippen LogP contribution in [0.1, 0.15) is 49.9 Å². The van der Waals surface area contributed by atoms with Crippen molar-refractivity contribution in [2.75, 3.05) is 19.6 Å². The first-order chi connectivity index (χ1) is 65.3. The first-order valence-corrected chi connectivity index (χ1v) is 49.4. The van der Waals surface area contributed by atoms with Gasteiger partial charge in [-0.15, -0.1) is 0 Å². The molecule has 8 nitrogen and oxygen atoms in total. The van der Waals surface area contributed by atoms with Crippen LogP contribution in [0.15, 0.2) is 485 Å². The number of aryl methyl sites for hydroxylation is 4. The number of halogens is 20. The van der Waals surface area contributed by atoms with Crippen LogP contribution in [0.3, 0.4) is 0 Å². The topological polar surface area (TPSA) is 25.0 Å². The average molecular weight is 2260 g/mol. The molecule has 0 fully saturated rings. The average Bonchev–Trinajstić information content (AvgIpc) is 0.783. The van der Waals surface area contributed by atoms with Gasteiger partial charge < -0.3 is 38.4 Å². The second-order valence-corrected chi connectivity index (χ2v) is 35.1. The molecule has 18 rings (SSSR count). The Balaban J connectivity index is 0.00000145. The Morgan fingerprint density at radius 3 is 0.385 bits per heavy atom. The number of hydrogen-bond donors (Lipinski definition) is 0. The van der Waals surface area contributed by atoms with Crippen LogP contribution in [0.5, 0.6) is 0 Å². The van der Waals surface area contributed by atoms with Crippen molar-refractivity contribution in [3.63, 3.8) is 0 Å². The maximum absolute atomic E-state index is 9.91. The Kier molecular flexibility index (Phi) is 55.2. The van der Waals surface area contributed by atoms with Crippen LogP contribution >= 0.6 is 0 Å². The molecule has 0 spiro atoms. The van der Waals surface area contributed by atoms with Crippen LogP contribution in [0.2, 0.25) is 0 Å². The van der Waals surface area contributed by atoms with E-state index in [9.17, 15) is 27.0 Å². The summed E-state index contributed by atoms with van der Waals surface area (Å²) in [6.07, 6.45) is 22.1. The van der Waals surface area contributed by atoms with E-state index in [1.165, 1.54) is 22.3 Å². The summed E-state index contributed by atoms with van der Waals surface area (Å²) < 4.78 is 87.9. The van der Waals surface area contributed by atoms with E-state index in [1.54, 1.807) is 0 Å². The summed E-state index contributed by atoms with van der Waals surface area (Å²) in [4.78, 5) is 9.20. The number of para-hydroxylation sites is 8. The monoisotopic (exact) mass is 2260 g/mol. The van der Waals surface area contributed by atoms with Crippen molar-refractivity contribution >= 4 is 197 Å². The minimum absolute atomic E-state index is 0. The van der Waals surface area contributed by atoms with Gasteiger partial charge in [0.25, 0.3) is 0 Å². The van der Waals surface area contributed by atoms with Crippen molar-refractivity contribution in [3.05, 3.63) is 508 Å². The summed E-state index contributed by atoms with van der Waals surface area (Å²) in [7, 11) is -3.67. The molecule has 2 aliphatic rings. The van der Waals surface area contributed by atoms with Crippen molar-refractivity contribution in [1.82, 2.24) is 18.3 Å². The van der Waals surface area contributed by atoms with Crippen molar-refractivity contribution in [3.8, 4) is 0 Å². The van der Waals surface area contributed by atoms with Crippen LogP contribution in [0.25, 0.3) is 0 Å². The minimum atomic E-state index is -9.19. The van der Waals surface area contributed by atoms with Gasteiger partial charge in [0.05, 0.1) is 0 Å². The van der Waals surface area contributed by atoms with Crippen LogP contribution < -0.4 is 56.7 Å². The summed E-state index contributed by atoms with van der Waals surface area (Å²) in [5, 5.41) is 0. The molecule has 3 radical (unpaired) electrons. The van der Waals surface area contributed by atoms with E-state index < -0.39 is 27.8 Å². The number of rotatable bonds is 24. The number of hydrogen-bond acceptors (Lipinski definition) is 4. The molecule has 2 aliphatic carbocycles. The van der Waals surface area contributed by atoms with Crippen LogP contribution in [0.4, 0.5) is 178 Å². The van der Waals surface area contributed by atoms with Gasteiger partial charge in [-0.25, -0.2) is 0 Å². The fraction of sp³-hybridized carbons (Fsp3) is 0.0690. The van der Waals surface area contributed by atoms with E-state index in [-0.39, 0.29) is 89.3 Å². The molecule has 771 valence electrons. The fourth-order valence-corrected chi connectivity index (χ4v) is 16.2. The fourth-order valence-electron chi connectivity index (χ4n) is 16.2. The van der Waals surface area contributed by atoms with E-state index in [2.05, 4.69) is 551 Å². The third-order valence-electron chi connectivity index (χ3n) is 22.7. The van der Waals surface area contributed by atoms with Crippen molar-refractivity contribution < 1.29 is 83.5 Å². The van der Waals surface area contributed by atoms with Crippen molar-refractivity contribution in [1.29, 1.82) is 0 Å². The molecular weight excluding hydrogens is 2150 g/mol. The standard InChI is InChI=1S/C78H60N6.C38H40N2.BF3.B.17FH.2Sb.3H/c1-9-25-61(26-10-1)79(62-27-11-2-12-28-62)69-41-49-73(50-42-69)83(74-51-43-70(44-52-74)80(63-29-13-3-14-30-63)64-31-15-4-16-32-64)77-57-59-78(60-58-77)84(75-53-45-71(46-54-75)81(65-33-17-5-18-34-65)66-35-19-6-20-36-66)76-55-47-72(48-56-76)82(67-37-21-7-22-38-67)68-39-23-8-24-40-68;1-5-29-9-17-33(18-10-29)39(34-19-11-30(6-2)12-20-34)37-25-27-38(28-26-37)40(35-21-13-31(7-3)14-22-35)36-23-15-32(8-4)16-24-36;2-1(3)4;;;;;;;;;;;;;;;;;;;;;;;/h1-60H;9-28H,5-8H2,1-4H3;;;17*1H;;;;;/q2*+2;;;;;;;;;;;;;;;;;;;;;+5;;;/p-9. The molecule has 0 aromatic heterocycles. The molecule has 0 amide bonds. The van der Waals surface area contributed by atoms with Crippen molar-refractivity contribution in [2.24, 2.45) is 0 Å². The molecule has 16 aromatic rings. The number of allylic oxidation sites excluding steroid dienone is 8. The van der Waals surface area contributed by atoms with E-state index in [0.29, 0.717) is 0 Å². The van der Waals surface area contributed by atoms with E-state index >= 15 is 0 Å². The predicted octanol–water partition coefficient (Wildman–Crippen LogP) is 20.5. The summed E-state index contributed by atoms with van der Waals surface area (Å²) in [5.41, 5.74) is 31.4. The van der Waals surface area contributed by atoms with Gasteiger partial charge in [0, 0.05) is 222 Å². The Bertz CT molecular complexity index is 5880. The Labute approximate surface area is 873 Å². The van der Waals surface area contributed by atoms with Gasteiger partial charge in [-0.1, -0.05) is 222 Å².